The highest BCUT2D eigenvalue weighted by Crippen LogP contribution is 2.33. The van der Waals surface area contributed by atoms with Gasteiger partial charge in [0.15, 0.2) is 0 Å². The van der Waals surface area contributed by atoms with Crippen molar-refractivity contribution in [2.75, 3.05) is 11.5 Å². The van der Waals surface area contributed by atoms with Crippen LogP contribution >= 0.6 is 11.3 Å². The van der Waals surface area contributed by atoms with Gasteiger partial charge in [0.2, 0.25) is 11.8 Å². The molecule has 2 aromatic carbocycles. The monoisotopic (exact) mass is 543 g/mol. The van der Waals surface area contributed by atoms with Gasteiger partial charge in [-0.05, 0) is 67.1 Å². The number of carbonyl (C=O) groups is 3. The first-order chi connectivity index (χ1) is 19.0. The Balaban J connectivity index is 1.52. The third kappa shape index (κ3) is 6.06. The summed E-state index contributed by atoms with van der Waals surface area (Å²) in [6.45, 7) is 2.03. The second-order valence-corrected chi connectivity index (χ2v) is 10.8. The number of fused-ring (bicyclic) bond motifs is 1. The van der Waals surface area contributed by atoms with E-state index in [1.807, 2.05) is 48.0 Å². The molecule has 0 spiro atoms. The van der Waals surface area contributed by atoms with E-state index in [-0.39, 0.29) is 30.9 Å². The molecule has 202 valence electrons. The number of hydrogen-bond acceptors (Lipinski definition) is 5. The molecule has 1 fully saturated rings. The van der Waals surface area contributed by atoms with Crippen LogP contribution in [0, 0.1) is 0 Å². The Morgan fingerprint density at radius 3 is 2.51 bits per heavy atom. The zero-order valence-electron chi connectivity index (χ0n) is 22.0. The van der Waals surface area contributed by atoms with Crippen molar-refractivity contribution in [3.63, 3.8) is 0 Å². The molecule has 2 heterocycles. The van der Waals surface area contributed by atoms with Crippen LogP contribution in [0.3, 0.4) is 0 Å². The van der Waals surface area contributed by atoms with Crippen LogP contribution in [0.5, 0.6) is 0 Å². The number of hydrogen-bond donors (Lipinski definition) is 2. The van der Waals surface area contributed by atoms with Crippen molar-refractivity contribution in [1.82, 2.24) is 10.3 Å². The standard InChI is InChI=1S/C31H33N3O4S/c1-2-38-31(37)21-14-16-24(17-15-21)34(28(35)19-22-20-32-26-12-7-6-11-25(22)26)29(27-13-8-18-39-27)30(36)33-23-9-4-3-5-10-23/h6-8,11-18,20,23,29,32H,2-5,9-10,19H2,1H3,(H,33,36)/t29-/m0/s1. The molecule has 1 atom stereocenters. The highest BCUT2D eigenvalue weighted by atomic mass is 32.1. The molecule has 7 nitrogen and oxygen atoms in total. The summed E-state index contributed by atoms with van der Waals surface area (Å²) in [6.07, 6.45) is 7.22. The normalized spacial score (nSPS) is 14.6. The summed E-state index contributed by atoms with van der Waals surface area (Å²) in [5.74, 6) is -0.822. The minimum atomic E-state index is -0.835. The average molecular weight is 544 g/mol. The zero-order chi connectivity index (χ0) is 27.2. The lowest BCUT2D eigenvalue weighted by atomic mass is 9.95. The smallest absolute Gasteiger partial charge is 0.338 e. The predicted molar refractivity (Wildman–Crippen MR) is 154 cm³/mol. The fourth-order valence-corrected chi connectivity index (χ4v) is 6.10. The van der Waals surface area contributed by atoms with Gasteiger partial charge in [-0.1, -0.05) is 43.5 Å². The first-order valence-electron chi connectivity index (χ1n) is 13.5. The topological polar surface area (TPSA) is 91.5 Å². The molecule has 1 aliphatic carbocycles. The molecule has 4 aromatic rings. The lowest BCUT2D eigenvalue weighted by Gasteiger charge is -2.33. The molecule has 2 aromatic heterocycles. The number of esters is 1. The summed E-state index contributed by atoms with van der Waals surface area (Å²) in [5.41, 5.74) is 2.76. The molecule has 2 amide bonds. The maximum absolute atomic E-state index is 14.2. The van der Waals surface area contributed by atoms with E-state index in [1.165, 1.54) is 17.8 Å². The Kier molecular flexibility index (Phi) is 8.42. The number of para-hydroxylation sites is 1. The number of ether oxygens (including phenoxy) is 1. The van der Waals surface area contributed by atoms with E-state index in [4.69, 9.17) is 4.74 Å². The van der Waals surface area contributed by atoms with Gasteiger partial charge in [0.25, 0.3) is 0 Å². The van der Waals surface area contributed by atoms with E-state index >= 15 is 0 Å². The Labute approximate surface area is 232 Å². The Bertz CT molecular complexity index is 1420. The highest BCUT2D eigenvalue weighted by molar-refractivity contribution is 7.10. The van der Waals surface area contributed by atoms with Crippen molar-refractivity contribution in [3.8, 4) is 0 Å². The van der Waals surface area contributed by atoms with Gasteiger partial charge in [-0.3, -0.25) is 14.5 Å². The number of rotatable bonds is 9. The van der Waals surface area contributed by atoms with Crippen LogP contribution < -0.4 is 10.2 Å². The first-order valence-corrected chi connectivity index (χ1v) is 14.4. The summed E-state index contributed by atoms with van der Waals surface area (Å²) in [6, 6.07) is 17.6. The van der Waals surface area contributed by atoms with Crippen LogP contribution in [0.15, 0.2) is 72.2 Å². The van der Waals surface area contributed by atoms with Gasteiger partial charge in [-0.2, -0.15) is 0 Å². The maximum atomic E-state index is 14.2. The van der Waals surface area contributed by atoms with Crippen molar-refractivity contribution in [1.29, 1.82) is 0 Å². The van der Waals surface area contributed by atoms with E-state index < -0.39 is 12.0 Å². The number of carbonyl (C=O) groups excluding carboxylic acids is 3. The number of amides is 2. The molecule has 0 saturated heterocycles. The zero-order valence-corrected chi connectivity index (χ0v) is 22.8. The second-order valence-electron chi connectivity index (χ2n) is 9.83. The molecule has 0 aliphatic heterocycles. The number of aromatic nitrogens is 1. The third-order valence-corrected chi connectivity index (χ3v) is 8.14. The molecule has 39 heavy (non-hydrogen) atoms. The summed E-state index contributed by atoms with van der Waals surface area (Å²) < 4.78 is 5.13. The number of aromatic amines is 1. The van der Waals surface area contributed by atoms with Gasteiger partial charge in [-0.15, -0.1) is 11.3 Å². The van der Waals surface area contributed by atoms with Crippen LogP contribution in [0.4, 0.5) is 5.69 Å². The lowest BCUT2D eigenvalue weighted by molar-refractivity contribution is -0.127. The van der Waals surface area contributed by atoms with Crippen LogP contribution in [0.1, 0.15) is 65.9 Å². The van der Waals surface area contributed by atoms with E-state index in [0.29, 0.717) is 11.3 Å². The minimum absolute atomic E-state index is 0.102. The molecule has 8 heteroatoms. The van der Waals surface area contributed by atoms with Crippen molar-refractivity contribution >= 4 is 45.7 Å². The maximum Gasteiger partial charge on any atom is 0.338 e. The third-order valence-electron chi connectivity index (χ3n) is 7.21. The van der Waals surface area contributed by atoms with Crippen LogP contribution in [0.2, 0.25) is 0 Å². The Morgan fingerprint density at radius 2 is 1.79 bits per heavy atom. The first kappa shape index (κ1) is 26.7. The van der Waals surface area contributed by atoms with Crippen molar-refractivity contribution < 1.29 is 19.1 Å². The number of anilines is 1. The van der Waals surface area contributed by atoms with Gasteiger partial charge in [0, 0.05) is 33.7 Å². The second kappa shape index (κ2) is 12.3. The Morgan fingerprint density at radius 1 is 1.03 bits per heavy atom. The SMILES string of the molecule is CCOC(=O)c1ccc(N(C(=O)Cc2c[nH]c3ccccc23)[C@H](C(=O)NC2CCCCC2)c2cccs2)cc1. The van der Waals surface area contributed by atoms with Crippen LogP contribution in [0.25, 0.3) is 10.9 Å². The van der Waals surface area contributed by atoms with E-state index in [2.05, 4.69) is 10.3 Å². The fourth-order valence-electron chi connectivity index (χ4n) is 5.28. The number of benzene rings is 2. The van der Waals surface area contributed by atoms with E-state index in [9.17, 15) is 14.4 Å². The molecule has 0 unspecified atom stereocenters. The quantitative estimate of drug-likeness (QED) is 0.247. The largest absolute Gasteiger partial charge is 0.462 e. The minimum Gasteiger partial charge on any atom is -0.462 e. The number of nitrogens with one attached hydrogen (secondary N) is 2. The molecular weight excluding hydrogens is 510 g/mol. The van der Waals surface area contributed by atoms with E-state index in [1.54, 1.807) is 36.1 Å². The number of thiophene rings is 1. The summed E-state index contributed by atoms with van der Waals surface area (Å²) in [5, 5.41) is 6.13. The molecule has 1 aliphatic rings. The fraction of sp³-hybridized carbons (Fsp3) is 0.323. The lowest BCUT2D eigenvalue weighted by Crippen LogP contribution is -2.47. The van der Waals surface area contributed by atoms with Gasteiger partial charge < -0.3 is 15.0 Å². The predicted octanol–water partition coefficient (Wildman–Crippen LogP) is 6.17. The van der Waals surface area contributed by atoms with Crippen molar-refractivity contribution in [3.05, 3.63) is 88.2 Å². The van der Waals surface area contributed by atoms with Gasteiger partial charge in [-0.25, -0.2) is 4.79 Å². The Hall–Kier alpha value is -3.91. The van der Waals surface area contributed by atoms with Crippen molar-refractivity contribution in [2.45, 2.75) is 57.5 Å². The molecule has 0 radical (unpaired) electrons. The summed E-state index contributed by atoms with van der Waals surface area (Å²) in [7, 11) is 0. The molecule has 1 saturated carbocycles. The van der Waals surface area contributed by atoms with E-state index in [0.717, 1.165) is 47.0 Å². The molecular formula is C31H33N3O4S. The highest BCUT2D eigenvalue weighted by Gasteiger charge is 2.35. The van der Waals surface area contributed by atoms with Crippen molar-refractivity contribution in [2.24, 2.45) is 0 Å². The number of H-pyrrole nitrogens is 1. The average Bonchev–Trinajstić information content (AvgIpc) is 3.63. The summed E-state index contributed by atoms with van der Waals surface area (Å²) in [4.78, 5) is 46.0. The van der Waals surface area contributed by atoms with Crippen LogP contribution in [-0.2, 0) is 20.7 Å². The van der Waals surface area contributed by atoms with Gasteiger partial charge >= 0.3 is 5.97 Å². The molecule has 2 N–H and O–H groups in total. The molecule has 5 rings (SSSR count). The van der Waals surface area contributed by atoms with Gasteiger partial charge in [0.1, 0.15) is 6.04 Å². The summed E-state index contributed by atoms with van der Waals surface area (Å²) >= 11 is 1.45. The van der Waals surface area contributed by atoms with Crippen LogP contribution in [-0.4, -0.2) is 35.4 Å². The molecule has 0 bridgehead atoms. The van der Waals surface area contributed by atoms with Gasteiger partial charge in [0.05, 0.1) is 18.6 Å². The number of nitrogens with zero attached hydrogens (tertiary/aromatic N) is 1.